The van der Waals surface area contributed by atoms with E-state index in [0.717, 1.165) is 10.1 Å². The first-order valence-corrected chi connectivity index (χ1v) is 8.51. The number of piperazine rings is 1. The third-order valence-electron chi connectivity index (χ3n) is 4.04. The van der Waals surface area contributed by atoms with Crippen molar-refractivity contribution < 1.29 is 14.3 Å². The van der Waals surface area contributed by atoms with Crippen LogP contribution in [0.15, 0.2) is 18.2 Å². The Labute approximate surface area is 143 Å². The fourth-order valence-corrected chi connectivity index (χ4v) is 4.13. The number of carbonyl (C=O) groups is 2. The summed E-state index contributed by atoms with van der Waals surface area (Å²) in [6, 6.07) is 5.61. The van der Waals surface area contributed by atoms with E-state index < -0.39 is 0 Å². The molecule has 122 valence electrons. The molecule has 5 nitrogen and oxygen atoms in total. The SMILES string of the molecule is COc1ccc2sc(C(=O)N3CCN(C(C)=O)CC3)c(Cl)c2c1. The molecule has 1 aliphatic heterocycles. The Morgan fingerprint density at radius 3 is 2.43 bits per heavy atom. The maximum absolute atomic E-state index is 12.7. The number of thiophene rings is 1. The minimum Gasteiger partial charge on any atom is -0.497 e. The molecule has 0 aliphatic carbocycles. The molecular weight excluding hydrogens is 336 g/mol. The van der Waals surface area contributed by atoms with Gasteiger partial charge < -0.3 is 14.5 Å². The molecule has 0 radical (unpaired) electrons. The summed E-state index contributed by atoms with van der Waals surface area (Å²) in [6.07, 6.45) is 0. The monoisotopic (exact) mass is 352 g/mol. The van der Waals surface area contributed by atoms with E-state index in [1.807, 2.05) is 18.2 Å². The molecule has 3 rings (SSSR count). The van der Waals surface area contributed by atoms with Crippen molar-refractivity contribution in [2.45, 2.75) is 6.92 Å². The number of amides is 2. The third-order valence-corrected chi connectivity index (χ3v) is 5.70. The molecule has 7 heteroatoms. The Hall–Kier alpha value is -1.79. The molecule has 2 aromatic rings. The van der Waals surface area contributed by atoms with Crippen molar-refractivity contribution in [3.63, 3.8) is 0 Å². The molecule has 23 heavy (non-hydrogen) atoms. The molecule has 2 amide bonds. The summed E-state index contributed by atoms with van der Waals surface area (Å²) in [5.74, 6) is 0.689. The topological polar surface area (TPSA) is 49.9 Å². The van der Waals surface area contributed by atoms with Crippen LogP contribution in [0.1, 0.15) is 16.6 Å². The number of hydrogen-bond acceptors (Lipinski definition) is 4. The van der Waals surface area contributed by atoms with E-state index in [1.165, 1.54) is 11.3 Å². The number of nitrogens with zero attached hydrogens (tertiary/aromatic N) is 2. The molecule has 0 atom stereocenters. The summed E-state index contributed by atoms with van der Waals surface area (Å²) in [5.41, 5.74) is 0. The number of methoxy groups -OCH3 is 1. The minimum atomic E-state index is -0.0710. The number of carbonyl (C=O) groups excluding carboxylic acids is 2. The van der Waals surface area contributed by atoms with Gasteiger partial charge in [0.1, 0.15) is 10.6 Å². The average molecular weight is 353 g/mol. The second-order valence-electron chi connectivity index (χ2n) is 5.41. The van der Waals surface area contributed by atoms with Crippen LogP contribution in [0, 0.1) is 0 Å². The zero-order valence-electron chi connectivity index (χ0n) is 13.0. The Kier molecular flexibility index (Phi) is 4.46. The van der Waals surface area contributed by atoms with Crippen molar-refractivity contribution >= 4 is 44.8 Å². The molecule has 1 saturated heterocycles. The quantitative estimate of drug-likeness (QED) is 0.835. The first-order valence-electron chi connectivity index (χ1n) is 7.32. The predicted molar refractivity (Wildman–Crippen MR) is 91.5 cm³/mol. The summed E-state index contributed by atoms with van der Waals surface area (Å²) < 4.78 is 6.17. The van der Waals surface area contributed by atoms with Crippen LogP contribution in [-0.2, 0) is 4.79 Å². The van der Waals surface area contributed by atoms with E-state index >= 15 is 0 Å². The summed E-state index contributed by atoms with van der Waals surface area (Å²) >= 11 is 7.81. The second kappa shape index (κ2) is 6.37. The molecule has 1 aromatic heterocycles. The van der Waals surface area contributed by atoms with Crippen LogP contribution in [0.25, 0.3) is 10.1 Å². The van der Waals surface area contributed by atoms with Crippen molar-refractivity contribution in [2.75, 3.05) is 33.3 Å². The van der Waals surface area contributed by atoms with Crippen LogP contribution < -0.4 is 4.74 Å². The van der Waals surface area contributed by atoms with Gasteiger partial charge >= 0.3 is 0 Å². The van der Waals surface area contributed by atoms with Crippen molar-refractivity contribution in [2.24, 2.45) is 0 Å². The molecule has 0 N–H and O–H groups in total. The van der Waals surface area contributed by atoms with Gasteiger partial charge in [-0.2, -0.15) is 0 Å². The largest absolute Gasteiger partial charge is 0.497 e. The van der Waals surface area contributed by atoms with Crippen molar-refractivity contribution in [1.82, 2.24) is 9.80 Å². The van der Waals surface area contributed by atoms with Gasteiger partial charge in [-0.25, -0.2) is 0 Å². The Morgan fingerprint density at radius 1 is 1.17 bits per heavy atom. The molecule has 2 heterocycles. The first-order chi connectivity index (χ1) is 11.0. The van der Waals surface area contributed by atoms with Crippen LogP contribution in [0.2, 0.25) is 5.02 Å². The predicted octanol–water partition coefficient (Wildman–Crippen LogP) is 2.87. The van der Waals surface area contributed by atoms with Gasteiger partial charge in [0.2, 0.25) is 5.91 Å². The number of rotatable bonds is 2. The van der Waals surface area contributed by atoms with Crippen molar-refractivity contribution in [3.05, 3.63) is 28.1 Å². The zero-order chi connectivity index (χ0) is 16.6. The highest BCUT2D eigenvalue weighted by atomic mass is 35.5. The lowest BCUT2D eigenvalue weighted by molar-refractivity contribution is -0.130. The van der Waals surface area contributed by atoms with E-state index in [2.05, 4.69) is 0 Å². The van der Waals surface area contributed by atoms with E-state index in [0.29, 0.717) is 41.8 Å². The summed E-state index contributed by atoms with van der Waals surface area (Å²) in [5, 5.41) is 1.31. The molecule has 0 saturated carbocycles. The maximum atomic E-state index is 12.7. The summed E-state index contributed by atoms with van der Waals surface area (Å²) in [6.45, 7) is 3.75. The smallest absolute Gasteiger partial charge is 0.265 e. The molecule has 1 aliphatic rings. The minimum absolute atomic E-state index is 0.0455. The molecule has 0 bridgehead atoms. The highest BCUT2D eigenvalue weighted by molar-refractivity contribution is 7.21. The van der Waals surface area contributed by atoms with Crippen LogP contribution in [0.3, 0.4) is 0 Å². The first kappa shape index (κ1) is 16.1. The normalized spacial score (nSPS) is 15.1. The number of fused-ring (bicyclic) bond motifs is 1. The Balaban J connectivity index is 1.84. The highest BCUT2D eigenvalue weighted by Gasteiger charge is 2.26. The lowest BCUT2D eigenvalue weighted by Crippen LogP contribution is -2.49. The van der Waals surface area contributed by atoms with Gasteiger partial charge in [0.25, 0.3) is 5.91 Å². The van der Waals surface area contributed by atoms with Crippen LogP contribution in [-0.4, -0.2) is 54.9 Å². The Bertz CT molecular complexity index is 766. The summed E-state index contributed by atoms with van der Waals surface area (Å²) in [7, 11) is 1.60. The molecular formula is C16H17ClN2O3S. The number of halogens is 1. The number of hydrogen-bond donors (Lipinski definition) is 0. The molecule has 0 spiro atoms. The van der Waals surface area contributed by atoms with Crippen LogP contribution in [0.4, 0.5) is 0 Å². The molecule has 1 fully saturated rings. The van der Waals surface area contributed by atoms with E-state index in [-0.39, 0.29) is 11.8 Å². The highest BCUT2D eigenvalue weighted by Crippen LogP contribution is 2.38. The van der Waals surface area contributed by atoms with Gasteiger partial charge in [-0.05, 0) is 18.2 Å². The van der Waals surface area contributed by atoms with E-state index in [9.17, 15) is 9.59 Å². The zero-order valence-corrected chi connectivity index (χ0v) is 14.5. The van der Waals surface area contributed by atoms with Gasteiger partial charge in [-0.3, -0.25) is 9.59 Å². The lowest BCUT2D eigenvalue weighted by Gasteiger charge is -2.34. The van der Waals surface area contributed by atoms with E-state index in [4.69, 9.17) is 16.3 Å². The third kappa shape index (κ3) is 3.01. The number of ether oxygens (including phenoxy) is 1. The van der Waals surface area contributed by atoms with Gasteiger partial charge in [0.05, 0.1) is 12.1 Å². The average Bonchev–Trinajstić information content (AvgIpc) is 2.90. The molecule has 0 unspecified atom stereocenters. The number of benzene rings is 1. The van der Waals surface area contributed by atoms with E-state index in [1.54, 1.807) is 23.8 Å². The maximum Gasteiger partial charge on any atom is 0.265 e. The van der Waals surface area contributed by atoms with Crippen molar-refractivity contribution in [3.8, 4) is 5.75 Å². The van der Waals surface area contributed by atoms with Crippen LogP contribution >= 0.6 is 22.9 Å². The second-order valence-corrected chi connectivity index (χ2v) is 6.84. The van der Waals surface area contributed by atoms with Gasteiger partial charge in [0, 0.05) is 43.2 Å². The van der Waals surface area contributed by atoms with Gasteiger partial charge in [-0.1, -0.05) is 11.6 Å². The standard InChI is InChI=1S/C16H17ClN2O3S/c1-10(20)18-5-7-19(8-6-18)16(21)15-14(17)12-9-11(22-2)3-4-13(12)23-15/h3-4,9H,5-8H2,1-2H3. The molecule has 1 aromatic carbocycles. The fraction of sp³-hybridized carbons (Fsp3) is 0.375. The van der Waals surface area contributed by atoms with Gasteiger partial charge in [-0.15, -0.1) is 11.3 Å². The van der Waals surface area contributed by atoms with Crippen LogP contribution in [0.5, 0.6) is 5.75 Å². The Morgan fingerprint density at radius 2 is 1.83 bits per heavy atom. The fourth-order valence-electron chi connectivity index (χ4n) is 2.68. The summed E-state index contributed by atoms with van der Waals surface area (Å²) in [4.78, 5) is 28.2. The van der Waals surface area contributed by atoms with Gasteiger partial charge in [0.15, 0.2) is 0 Å². The lowest BCUT2D eigenvalue weighted by atomic mass is 10.2. The van der Waals surface area contributed by atoms with Crippen molar-refractivity contribution in [1.29, 1.82) is 0 Å².